The number of carbonyl (C=O) groups is 2. The molecule has 23 heavy (non-hydrogen) atoms. The molecule has 0 saturated carbocycles. The third-order valence-corrected chi connectivity index (χ3v) is 3.61. The smallest absolute Gasteiger partial charge is 0.315 e. The number of anilines is 1. The quantitative estimate of drug-likeness (QED) is 0.691. The Bertz CT molecular complexity index is 733. The minimum absolute atomic E-state index is 0.123. The highest BCUT2D eigenvalue weighted by Crippen LogP contribution is 2.23. The lowest BCUT2D eigenvalue weighted by atomic mass is 10.1. The Morgan fingerprint density at radius 2 is 1.70 bits per heavy atom. The van der Waals surface area contributed by atoms with E-state index < -0.39 is 0 Å². The van der Waals surface area contributed by atoms with Crippen molar-refractivity contribution < 1.29 is 14.3 Å². The lowest BCUT2D eigenvalue weighted by Gasteiger charge is -2.11. The van der Waals surface area contributed by atoms with Crippen LogP contribution in [0.25, 0.3) is 0 Å². The van der Waals surface area contributed by atoms with Gasteiger partial charge in [0.05, 0.1) is 6.42 Å². The molecule has 0 aliphatic rings. The van der Waals surface area contributed by atoms with Gasteiger partial charge in [0.25, 0.3) is 0 Å². The van der Waals surface area contributed by atoms with E-state index in [1.807, 2.05) is 26.8 Å². The molecule has 0 fully saturated rings. The second-order valence-electron chi connectivity index (χ2n) is 5.73. The van der Waals surface area contributed by atoms with Gasteiger partial charge in [-0.3, -0.25) is 9.59 Å². The van der Waals surface area contributed by atoms with Gasteiger partial charge >= 0.3 is 5.97 Å². The highest BCUT2D eigenvalue weighted by Gasteiger charge is 2.10. The summed E-state index contributed by atoms with van der Waals surface area (Å²) in [5.74, 6) is 0.190. The third-order valence-electron chi connectivity index (χ3n) is 3.61. The maximum atomic E-state index is 12.1. The zero-order chi connectivity index (χ0) is 17.0. The van der Waals surface area contributed by atoms with Gasteiger partial charge in [0.1, 0.15) is 5.75 Å². The maximum absolute atomic E-state index is 12.1. The Labute approximate surface area is 136 Å². The molecule has 120 valence electrons. The van der Waals surface area contributed by atoms with Crippen molar-refractivity contribution in [2.24, 2.45) is 0 Å². The summed E-state index contributed by atoms with van der Waals surface area (Å²) in [7, 11) is 0. The van der Waals surface area contributed by atoms with Crippen molar-refractivity contribution in [3.63, 3.8) is 0 Å². The number of aryl methyl sites for hydroxylation is 2. The van der Waals surface area contributed by atoms with Gasteiger partial charge in [0, 0.05) is 12.6 Å². The molecule has 1 amide bonds. The molecule has 4 nitrogen and oxygen atoms in total. The van der Waals surface area contributed by atoms with E-state index in [1.54, 1.807) is 24.3 Å². The molecule has 2 aromatic carbocycles. The van der Waals surface area contributed by atoms with E-state index in [2.05, 4.69) is 11.4 Å². The van der Waals surface area contributed by atoms with Gasteiger partial charge in [0.2, 0.25) is 5.91 Å². The van der Waals surface area contributed by atoms with Crippen LogP contribution in [0.15, 0.2) is 36.4 Å². The minimum atomic E-state index is -0.301. The zero-order valence-corrected chi connectivity index (χ0v) is 13.9. The van der Waals surface area contributed by atoms with Crippen LogP contribution in [0.1, 0.15) is 29.2 Å². The average molecular weight is 311 g/mol. The van der Waals surface area contributed by atoms with Gasteiger partial charge in [-0.2, -0.15) is 0 Å². The summed E-state index contributed by atoms with van der Waals surface area (Å²) < 4.78 is 5.50. The number of hydrogen-bond donors (Lipinski definition) is 1. The molecule has 0 radical (unpaired) electrons. The van der Waals surface area contributed by atoms with Crippen LogP contribution in [-0.2, 0) is 16.0 Å². The summed E-state index contributed by atoms with van der Waals surface area (Å²) in [6, 6.07) is 11.1. The summed E-state index contributed by atoms with van der Waals surface area (Å²) in [5.41, 5.74) is 4.69. The fraction of sp³-hybridized carbons (Fsp3) is 0.263. The van der Waals surface area contributed by atoms with Crippen LogP contribution in [-0.4, -0.2) is 11.9 Å². The Hall–Kier alpha value is -2.62. The number of carbonyl (C=O) groups excluding carboxylic acids is 2. The van der Waals surface area contributed by atoms with E-state index in [9.17, 15) is 9.59 Å². The molecule has 0 aliphatic carbocycles. The monoisotopic (exact) mass is 311 g/mol. The first-order valence-corrected chi connectivity index (χ1v) is 7.50. The Morgan fingerprint density at radius 3 is 2.30 bits per heavy atom. The van der Waals surface area contributed by atoms with Crippen molar-refractivity contribution in [1.82, 2.24) is 0 Å². The van der Waals surface area contributed by atoms with Crippen molar-refractivity contribution in [3.05, 3.63) is 58.7 Å². The fourth-order valence-corrected chi connectivity index (χ4v) is 2.34. The summed E-state index contributed by atoms with van der Waals surface area (Å²) in [6.07, 6.45) is 0.187. The number of benzene rings is 2. The molecule has 0 spiro atoms. The number of hydrogen-bond acceptors (Lipinski definition) is 3. The molecule has 0 aromatic heterocycles. The van der Waals surface area contributed by atoms with Crippen molar-refractivity contribution in [1.29, 1.82) is 0 Å². The van der Waals surface area contributed by atoms with Crippen molar-refractivity contribution in [2.75, 3.05) is 5.32 Å². The van der Waals surface area contributed by atoms with Crippen molar-refractivity contribution >= 4 is 17.6 Å². The fourth-order valence-electron chi connectivity index (χ4n) is 2.34. The molecule has 0 heterocycles. The molecule has 0 unspecified atom stereocenters. The van der Waals surface area contributed by atoms with Crippen LogP contribution in [0.4, 0.5) is 5.69 Å². The first kappa shape index (κ1) is 16.7. The summed E-state index contributed by atoms with van der Waals surface area (Å²) >= 11 is 0. The number of ether oxygens (including phenoxy) is 1. The van der Waals surface area contributed by atoms with Gasteiger partial charge in [-0.05, 0) is 61.2 Å². The van der Waals surface area contributed by atoms with Crippen LogP contribution >= 0.6 is 0 Å². The highest BCUT2D eigenvalue weighted by atomic mass is 16.5. The van der Waals surface area contributed by atoms with E-state index >= 15 is 0 Å². The van der Waals surface area contributed by atoms with Gasteiger partial charge < -0.3 is 10.1 Å². The maximum Gasteiger partial charge on any atom is 0.315 e. The van der Waals surface area contributed by atoms with Gasteiger partial charge in [-0.25, -0.2) is 0 Å². The summed E-state index contributed by atoms with van der Waals surface area (Å²) in [5, 5.41) is 2.69. The lowest BCUT2D eigenvalue weighted by molar-refractivity contribution is -0.133. The van der Waals surface area contributed by atoms with E-state index in [-0.39, 0.29) is 18.3 Å². The SMILES string of the molecule is CC(=O)Nc1ccc(CC(=O)Oc2cc(C)cc(C)c2C)cc1. The normalized spacial score (nSPS) is 10.3. The molecule has 0 saturated heterocycles. The molecule has 0 bridgehead atoms. The minimum Gasteiger partial charge on any atom is -0.426 e. The van der Waals surface area contributed by atoms with Crippen LogP contribution in [0.2, 0.25) is 0 Å². The first-order chi connectivity index (χ1) is 10.8. The zero-order valence-electron chi connectivity index (χ0n) is 13.9. The van der Waals surface area contributed by atoms with Crippen LogP contribution in [0.5, 0.6) is 5.75 Å². The van der Waals surface area contributed by atoms with Crippen LogP contribution < -0.4 is 10.1 Å². The van der Waals surface area contributed by atoms with Crippen molar-refractivity contribution in [3.8, 4) is 5.75 Å². The molecule has 2 aromatic rings. The number of nitrogens with one attached hydrogen (secondary N) is 1. The Balaban J connectivity index is 2.04. The molecule has 4 heteroatoms. The lowest BCUT2D eigenvalue weighted by Crippen LogP contribution is -2.12. The topological polar surface area (TPSA) is 55.4 Å². The van der Waals surface area contributed by atoms with E-state index in [0.717, 1.165) is 22.3 Å². The number of esters is 1. The molecule has 2 rings (SSSR count). The molecular weight excluding hydrogens is 290 g/mol. The van der Waals surface area contributed by atoms with Crippen LogP contribution in [0.3, 0.4) is 0 Å². The number of rotatable bonds is 4. The average Bonchev–Trinajstić information content (AvgIpc) is 2.45. The van der Waals surface area contributed by atoms with E-state index in [4.69, 9.17) is 4.74 Å². The number of amides is 1. The standard InChI is InChI=1S/C19H21NO3/c1-12-9-13(2)14(3)18(10-12)23-19(22)11-16-5-7-17(8-6-16)20-15(4)21/h5-10H,11H2,1-4H3,(H,20,21). The van der Waals surface area contributed by atoms with E-state index in [1.165, 1.54) is 6.92 Å². The Kier molecular flexibility index (Phi) is 5.16. The molecule has 0 atom stereocenters. The van der Waals surface area contributed by atoms with Gasteiger partial charge in [-0.1, -0.05) is 18.2 Å². The van der Waals surface area contributed by atoms with Gasteiger partial charge in [-0.15, -0.1) is 0 Å². The summed E-state index contributed by atoms with van der Waals surface area (Å²) in [6.45, 7) is 7.38. The van der Waals surface area contributed by atoms with Crippen molar-refractivity contribution in [2.45, 2.75) is 34.1 Å². The highest BCUT2D eigenvalue weighted by molar-refractivity contribution is 5.88. The predicted octanol–water partition coefficient (Wildman–Crippen LogP) is 3.72. The second kappa shape index (κ2) is 7.09. The third kappa shape index (κ3) is 4.68. The second-order valence-corrected chi connectivity index (χ2v) is 5.73. The van der Waals surface area contributed by atoms with Gasteiger partial charge in [0.15, 0.2) is 0 Å². The molecule has 0 aliphatic heterocycles. The largest absolute Gasteiger partial charge is 0.426 e. The first-order valence-electron chi connectivity index (χ1n) is 7.50. The predicted molar refractivity (Wildman–Crippen MR) is 90.7 cm³/mol. The summed E-state index contributed by atoms with van der Waals surface area (Å²) in [4.78, 5) is 23.1. The molecular formula is C19H21NO3. The Morgan fingerprint density at radius 1 is 1.04 bits per heavy atom. The molecule has 1 N–H and O–H groups in total. The van der Waals surface area contributed by atoms with E-state index in [0.29, 0.717) is 11.4 Å². The van der Waals surface area contributed by atoms with Crippen LogP contribution in [0, 0.1) is 20.8 Å².